The predicted octanol–water partition coefficient (Wildman–Crippen LogP) is 2.62. The van der Waals surface area contributed by atoms with Gasteiger partial charge in [0.05, 0.1) is 0 Å². The Morgan fingerprint density at radius 3 is 2.93 bits per heavy atom. The zero-order valence-corrected chi connectivity index (χ0v) is 9.36. The molecule has 0 radical (unpaired) electrons. The monoisotopic (exact) mass is 203 g/mol. The van der Waals surface area contributed by atoms with E-state index in [4.69, 9.17) is 0 Å². The molecule has 1 amide bonds. The van der Waals surface area contributed by atoms with Crippen LogP contribution in [0.25, 0.3) is 0 Å². The van der Waals surface area contributed by atoms with Crippen LogP contribution in [0.3, 0.4) is 0 Å². The second-order valence-electron chi connectivity index (χ2n) is 4.30. The average molecular weight is 203 g/mol. The minimum Gasteiger partial charge on any atom is -0.312 e. The Morgan fingerprint density at radius 2 is 2.20 bits per heavy atom. The van der Waals surface area contributed by atoms with E-state index in [0.29, 0.717) is 12.3 Å². The van der Waals surface area contributed by atoms with Gasteiger partial charge < -0.3 is 4.90 Å². The number of carbonyl (C=O) groups excluding carboxylic acids is 1. The fourth-order valence-electron chi connectivity index (χ4n) is 2.22. The van der Waals surface area contributed by atoms with Crippen molar-refractivity contribution in [3.8, 4) is 0 Å². The summed E-state index contributed by atoms with van der Waals surface area (Å²) in [6.07, 6.45) is 1.67. The Hall–Kier alpha value is -1.31. The van der Waals surface area contributed by atoms with Crippen molar-refractivity contribution in [2.45, 2.75) is 26.7 Å². The topological polar surface area (TPSA) is 20.3 Å². The van der Waals surface area contributed by atoms with Gasteiger partial charge in [0.25, 0.3) is 0 Å². The largest absolute Gasteiger partial charge is 0.312 e. The van der Waals surface area contributed by atoms with E-state index in [1.165, 1.54) is 5.56 Å². The lowest BCUT2D eigenvalue weighted by Crippen LogP contribution is -2.38. The maximum atomic E-state index is 11.8. The zero-order chi connectivity index (χ0) is 10.8. The first-order valence-corrected chi connectivity index (χ1v) is 5.60. The number of hydrogen-bond donors (Lipinski definition) is 0. The first kappa shape index (κ1) is 10.2. The second kappa shape index (κ2) is 4.05. The van der Waals surface area contributed by atoms with Gasteiger partial charge >= 0.3 is 0 Å². The molecule has 15 heavy (non-hydrogen) atoms. The van der Waals surface area contributed by atoms with Crippen molar-refractivity contribution in [1.29, 1.82) is 0 Å². The molecule has 80 valence electrons. The summed E-state index contributed by atoms with van der Waals surface area (Å²) in [7, 11) is 0. The number of rotatable bonds is 1. The van der Waals surface area contributed by atoms with Crippen LogP contribution < -0.4 is 4.90 Å². The van der Waals surface area contributed by atoms with Gasteiger partial charge in [0, 0.05) is 18.7 Å². The summed E-state index contributed by atoms with van der Waals surface area (Å²) >= 11 is 0. The highest BCUT2D eigenvalue weighted by Crippen LogP contribution is 2.29. The lowest BCUT2D eigenvalue weighted by molar-refractivity contribution is -0.118. The molecule has 0 spiro atoms. The Morgan fingerprint density at radius 1 is 1.47 bits per heavy atom. The quantitative estimate of drug-likeness (QED) is 0.687. The number of hydrogen-bond acceptors (Lipinski definition) is 1. The number of benzene rings is 1. The minimum atomic E-state index is 0.231. The van der Waals surface area contributed by atoms with Crippen LogP contribution in [0, 0.1) is 5.92 Å². The van der Waals surface area contributed by atoms with Crippen molar-refractivity contribution in [2.75, 3.05) is 11.4 Å². The summed E-state index contributed by atoms with van der Waals surface area (Å²) in [5, 5.41) is 0. The average Bonchev–Trinajstić information content (AvgIpc) is 2.26. The van der Waals surface area contributed by atoms with Gasteiger partial charge in [-0.1, -0.05) is 32.0 Å². The number of anilines is 1. The van der Waals surface area contributed by atoms with Gasteiger partial charge in [0.1, 0.15) is 0 Å². The summed E-state index contributed by atoms with van der Waals surface area (Å²) in [6.45, 7) is 4.99. The fraction of sp³-hybridized carbons (Fsp3) is 0.462. The molecule has 0 N–H and O–H groups in total. The van der Waals surface area contributed by atoms with Crippen LogP contribution in [0.1, 0.15) is 25.8 Å². The van der Waals surface area contributed by atoms with E-state index >= 15 is 0 Å². The second-order valence-corrected chi connectivity index (χ2v) is 4.30. The van der Waals surface area contributed by atoms with E-state index < -0.39 is 0 Å². The lowest BCUT2D eigenvalue weighted by atomic mass is 9.94. The van der Waals surface area contributed by atoms with Crippen molar-refractivity contribution < 1.29 is 4.79 Å². The lowest BCUT2D eigenvalue weighted by Gasteiger charge is -2.33. The van der Waals surface area contributed by atoms with Crippen LogP contribution in [0.4, 0.5) is 5.69 Å². The molecule has 2 nitrogen and oxygen atoms in total. The number of fused-ring (bicyclic) bond motifs is 1. The Kier molecular flexibility index (Phi) is 2.76. The summed E-state index contributed by atoms with van der Waals surface area (Å²) in [6, 6.07) is 8.23. The number of amides is 1. The zero-order valence-electron chi connectivity index (χ0n) is 9.36. The highest BCUT2D eigenvalue weighted by atomic mass is 16.2. The van der Waals surface area contributed by atoms with Crippen LogP contribution in [-0.4, -0.2) is 12.5 Å². The van der Waals surface area contributed by atoms with Crippen LogP contribution in [0.2, 0.25) is 0 Å². The summed E-state index contributed by atoms with van der Waals surface area (Å²) in [5.41, 5.74) is 2.42. The van der Waals surface area contributed by atoms with Crippen molar-refractivity contribution in [1.82, 2.24) is 0 Å². The summed E-state index contributed by atoms with van der Waals surface area (Å²) in [4.78, 5) is 13.7. The van der Waals surface area contributed by atoms with Crippen LogP contribution in [0.5, 0.6) is 0 Å². The Labute approximate surface area is 90.9 Å². The molecule has 1 heterocycles. The Bertz CT molecular complexity index is 373. The fourth-order valence-corrected chi connectivity index (χ4v) is 2.22. The van der Waals surface area contributed by atoms with Gasteiger partial charge in [0.15, 0.2) is 0 Å². The summed E-state index contributed by atoms with van der Waals surface area (Å²) in [5.74, 6) is 0.796. The molecule has 0 saturated heterocycles. The van der Waals surface area contributed by atoms with Crippen molar-refractivity contribution in [2.24, 2.45) is 5.92 Å². The summed E-state index contributed by atoms with van der Waals surface area (Å²) < 4.78 is 0. The van der Waals surface area contributed by atoms with E-state index in [1.807, 2.05) is 24.0 Å². The predicted molar refractivity (Wildman–Crippen MR) is 62.0 cm³/mol. The third kappa shape index (κ3) is 1.89. The molecule has 0 bridgehead atoms. The molecule has 1 aromatic rings. The third-order valence-corrected chi connectivity index (χ3v) is 2.95. The Balaban J connectivity index is 2.38. The molecule has 2 heteroatoms. The molecule has 1 aromatic carbocycles. The first-order chi connectivity index (χ1) is 7.22. The van der Waals surface area contributed by atoms with E-state index in [1.54, 1.807) is 0 Å². The van der Waals surface area contributed by atoms with Crippen molar-refractivity contribution in [3.63, 3.8) is 0 Å². The molecule has 0 aromatic heterocycles. The smallest absolute Gasteiger partial charge is 0.226 e. The molecule has 0 aliphatic carbocycles. The van der Waals surface area contributed by atoms with Crippen LogP contribution >= 0.6 is 0 Å². The minimum absolute atomic E-state index is 0.231. The van der Waals surface area contributed by atoms with Crippen molar-refractivity contribution in [3.05, 3.63) is 29.8 Å². The maximum Gasteiger partial charge on any atom is 0.226 e. The van der Waals surface area contributed by atoms with Crippen LogP contribution in [-0.2, 0) is 11.2 Å². The number of carbonyl (C=O) groups is 1. The van der Waals surface area contributed by atoms with Gasteiger partial charge in [-0.2, -0.15) is 0 Å². The van der Waals surface area contributed by atoms with Gasteiger partial charge in [-0.3, -0.25) is 4.79 Å². The molecule has 2 rings (SSSR count). The highest BCUT2D eigenvalue weighted by Gasteiger charge is 2.24. The molecule has 1 atom stereocenters. The van der Waals surface area contributed by atoms with E-state index in [0.717, 1.165) is 18.7 Å². The third-order valence-electron chi connectivity index (χ3n) is 2.95. The van der Waals surface area contributed by atoms with Gasteiger partial charge in [-0.05, 0) is 24.0 Å². The molecular weight excluding hydrogens is 186 g/mol. The van der Waals surface area contributed by atoms with Gasteiger partial charge in [0.2, 0.25) is 5.91 Å². The molecule has 1 aliphatic heterocycles. The first-order valence-electron chi connectivity index (χ1n) is 5.60. The van der Waals surface area contributed by atoms with E-state index in [9.17, 15) is 4.79 Å². The van der Waals surface area contributed by atoms with E-state index in [2.05, 4.69) is 19.1 Å². The van der Waals surface area contributed by atoms with E-state index in [-0.39, 0.29) is 5.91 Å². The maximum absolute atomic E-state index is 11.8. The van der Waals surface area contributed by atoms with Crippen LogP contribution in [0.15, 0.2) is 24.3 Å². The SMILES string of the molecule is CCC(=O)N1CC(C)Cc2ccccc21. The molecule has 1 unspecified atom stereocenters. The molecular formula is C13H17NO. The molecule has 1 aliphatic rings. The normalized spacial score (nSPS) is 19.9. The molecule has 0 saturated carbocycles. The van der Waals surface area contributed by atoms with Crippen molar-refractivity contribution >= 4 is 11.6 Å². The number of nitrogens with zero attached hydrogens (tertiary/aromatic N) is 1. The van der Waals surface area contributed by atoms with Gasteiger partial charge in [-0.15, -0.1) is 0 Å². The number of para-hydroxylation sites is 1. The van der Waals surface area contributed by atoms with Gasteiger partial charge in [-0.25, -0.2) is 0 Å². The molecule has 0 fully saturated rings. The standard InChI is InChI=1S/C13H17NO/c1-3-13(15)14-9-10(2)8-11-6-4-5-7-12(11)14/h4-7,10H,3,8-9H2,1-2H3. The highest BCUT2D eigenvalue weighted by molar-refractivity contribution is 5.94.